The van der Waals surface area contributed by atoms with Crippen LogP contribution in [-0.4, -0.2) is 28.7 Å². The van der Waals surface area contributed by atoms with Gasteiger partial charge in [-0.25, -0.2) is 4.98 Å². The van der Waals surface area contributed by atoms with Crippen LogP contribution in [0.1, 0.15) is 32.2 Å². The number of carbonyl (C=O) groups excluding carboxylic acids is 2. The zero-order valence-corrected chi connectivity index (χ0v) is 16.3. The van der Waals surface area contributed by atoms with E-state index in [1.54, 1.807) is 54.7 Å². The van der Waals surface area contributed by atoms with E-state index in [0.29, 0.717) is 30.1 Å². The Morgan fingerprint density at radius 3 is 2.48 bits per heavy atom. The molecule has 0 aliphatic carbocycles. The van der Waals surface area contributed by atoms with E-state index in [1.807, 2.05) is 18.2 Å². The van der Waals surface area contributed by atoms with E-state index >= 15 is 0 Å². The Balaban J connectivity index is 1.82. The van der Waals surface area contributed by atoms with Crippen LogP contribution < -0.4 is 5.32 Å². The summed E-state index contributed by atoms with van der Waals surface area (Å²) in [5.41, 5.74) is 1.83. The van der Waals surface area contributed by atoms with E-state index in [0.717, 1.165) is 10.0 Å². The number of halogens is 1. The molecule has 7 heteroatoms. The Labute approximate surface area is 165 Å². The number of benzene rings is 1. The standard InChI is InChI=1S/C20H18BrN3O3/c1-22-19(25)15-6-4-14(5-7-15)12-24(13-17-3-2-10-27-17)20(26)18-9-8-16(21)11-23-18/h2-11H,12-13H2,1H3,(H,22,25). The van der Waals surface area contributed by atoms with E-state index in [4.69, 9.17) is 4.42 Å². The first-order valence-corrected chi connectivity index (χ1v) is 9.10. The van der Waals surface area contributed by atoms with Crippen molar-refractivity contribution in [1.29, 1.82) is 0 Å². The van der Waals surface area contributed by atoms with E-state index in [9.17, 15) is 9.59 Å². The number of pyridine rings is 1. The Hall–Kier alpha value is -2.93. The molecule has 1 aromatic carbocycles. The fourth-order valence-electron chi connectivity index (χ4n) is 2.58. The Morgan fingerprint density at radius 1 is 1.11 bits per heavy atom. The number of carbonyl (C=O) groups is 2. The molecule has 6 nitrogen and oxygen atoms in total. The van der Waals surface area contributed by atoms with Crippen molar-refractivity contribution in [2.24, 2.45) is 0 Å². The largest absolute Gasteiger partial charge is 0.467 e. The molecule has 0 aliphatic rings. The maximum Gasteiger partial charge on any atom is 0.273 e. The van der Waals surface area contributed by atoms with Gasteiger partial charge < -0.3 is 14.6 Å². The van der Waals surface area contributed by atoms with Crippen LogP contribution >= 0.6 is 15.9 Å². The van der Waals surface area contributed by atoms with Gasteiger partial charge in [-0.1, -0.05) is 12.1 Å². The summed E-state index contributed by atoms with van der Waals surface area (Å²) in [4.78, 5) is 30.5. The third kappa shape index (κ3) is 4.83. The van der Waals surface area contributed by atoms with Crippen molar-refractivity contribution in [3.05, 3.63) is 88.0 Å². The predicted molar refractivity (Wildman–Crippen MR) is 104 cm³/mol. The van der Waals surface area contributed by atoms with Crippen LogP contribution in [0.4, 0.5) is 0 Å². The van der Waals surface area contributed by atoms with E-state index in [1.165, 1.54) is 0 Å². The normalized spacial score (nSPS) is 10.4. The number of rotatable bonds is 6. The van der Waals surface area contributed by atoms with Crippen molar-refractivity contribution in [3.8, 4) is 0 Å². The van der Waals surface area contributed by atoms with Crippen molar-refractivity contribution in [3.63, 3.8) is 0 Å². The van der Waals surface area contributed by atoms with Gasteiger partial charge in [-0.3, -0.25) is 9.59 Å². The average molecular weight is 428 g/mol. The summed E-state index contributed by atoms with van der Waals surface area (Å²) >= 11 is 3.32. The maximum atomic E-state index is 13.0. The minimum Gasteiger partial charge on any atom is -0.467 e. The highest BCUT2D eigenvalue weighted by molar-refractivity contribution is 9.10. The quantitative estimate of drug-likeness (QED) is 0.651. The fraction of sp³-hybridized carbons (Fsp3) is 0.150. The molecule has 0 saturated carbocycles. The van der Waals surface area contributed by atoms with Crippen LogP contribution in [0.5, 0.6) is 0 Å². The lowest BCUT2D eigenvalue weighted by Crippen LogP contribution is -2.30. The lowest BCUT2D eigenvalue weighted by molar-refractivity contribution is 0.0711. The van der Waals surface area contributed by atoms with Gasteiger partial charge in [0.2, 0.25) is 0 Å². The van der Waals surface area contributed by atoms with Gasteiger partial charge >= 0.3 is 0 Å². The summed E-state index contributed by atoms with van der Waals surface area (Å²) in [6, 6.07) is 14.2. The molecule has 0 unspecified atom stereocenters. The Bertz CT molecular complexity index is 907. The molecule has 0 fully saturated rings. The van der Waals surface area contributed by atoms with Crippen LogP contribution in [0.3, 0.4) is 0 Å². The summed E-state index contributed by atoms with van der Waals surface area (Å²) in [6.45, 7) is 0.687. The van der Waals surface area contributed by atoms with Crippen molar-refractivity contribution in [1.82, 2.24) is 15.2 Å². The molecular weight excluding hydrogens is 410 g/mol. The number of aromatic nitrogens is 1. The van der Waals surface area contributed by atoms with Crippen LogP contribution in [-0.2, 0) is 13.1 Å². The van der Waals surface area contributed by atoms with Gasteiger partial charge in [0, 0.05) is 29.8 Å². The average Bonchev–Trinajstić information content (AvgIpc) is 3.20. The topological polar surface area (TPSA) is 75.4 Å². The molecule has 0 radical (unpaired) electrons. The molecule has 1 N–H and O–H groups in total. The highest BCUT2D eigenvalue weighted by atomic mass is 79.9. The highest BCUT2D eigenvalue weighted by Gasteiger charge is 2.19. The van der Waals surface area contributed by atoms with Crippen LogP contribution in [0.15, 0.2) is 69.9 Å². The van der Waals surface area contributed by atoms with Crippen LogP contribution in [0, 0.1) is 0 Å². The van der Waals surface area contributed by atoms with Gasteiger partial charge in [0.25, 0.3) is 11.8 Å². The SMILES string of the molecule is CNC(=O)c1ccc(CN(Cc2ccco2)C(=O)c2ccc(Br)cn2)cc1. The summed E-state index contributed by atoms with van der Waals surface area (Å²) in [7, 11) is 1.59. The van der Waals surface area contributed by atoms with Crippen molar-refractivity contribution in [2.75, 3.05) is 7.05 Å². The maximum absolute atomic E-state index is 13.0. The molecule has 3 rings (SSSR count). The smallest absolute Gasteiger partial charge is 0.273 e. The van der Waals surface area contributed by atoms with E-state index < -0.39 is 0 Å². The number of hydrogen-bond acceptors (Lipinski definition) is 4. The minimum absolute atomic E-state index is 0.149. The number of nitrogens with one attached hydrogen (secondary N) is 1. The second-order valence-electron chi connectivity index (χ2n) is 5.88. The number of furan rings is 1. The van der Waals surface area contributed by atoms with Gasteiger partial charge in [0.1, 0.15) is 11.5 Å². The first-order valence-electron chi connectivity index (χ1n) is 8.31. The second-order valence-corrected chi connectivity index (χ2v) is 6.79. The number of hydrogen-bond donors (Lipinski definition) is 1. The lowest BCUT2D eigenvalue weighted by atomic mass is 10.1. The van der Waals surface area contributed by atoms with Gasteiger partial charge in [-0.05, 0) is 57.9 Å². The van der Waals surface area contributed by atoms with Crippen molar-refractivity contribution < 1.29 is 14.0 Å². The van der Waals surface area contributed by atoms with Crippen molar-refractivity contribution in [2.45, 2.75) is 13.1 Å². The second kappa shape index (κ2) is 8.64. The molecule has 2 heterocycles. The van der Waals surface area contributed by atoms with Gasteiger partial charge in [-0.15, -0.1) is 0 Å². The Morgan fingerprint density at radius 2 is 1.89 bits per heavy atom. The molecule has 0 saturated heterocycles. The minimum atomic E-state index is -0.200. The van der Waals surface area contributed by atoms with Gasteiger partial charge in [-0.2, -0.15) is 0 Å². The Kier molecular flexibility index (Phi) is 6.03. The fourth-order valence-corrected chi connectivity index (χ4v) is 2.82. The lowest BCUT2D eigenvalue weighted by Gasteiger charge is -2.21. The summed E-state index contributed by atoms with van der Waals surface area (Å²) < 4.78 is 6.20. The van der Waals surface area contributed by atoms with Crippen LogP contribution in [0.2, 0.25) is 0 Å². The molecule has 0 spiro atoms. The molecule has 138 valence electrons. The molecular formula is C20H18BrN3O3. The molecule has 2 aromatic heterocycles. The first kappa shape index (κ1) is 18.8. The molecule has 0 bridgehead atoms. The highest BCUT2D eigenvalue weighted by Crippen LogP contribution is 2.16. The third-order valence-corrected chi connectivity index (χ3v) is 4.45. The van der Waals surface area contributed by atoms with Crippen LogP contribution in [0.25, 0.3) is 0 Å². The van der Waals surface area contributed by atoms with Crippen molar-refractivity contribution >= 4 is 27.7 Å². The summed E-state index contributed by atoms with van der Waals surface area (Å²) in [5.74, 6) is 0.334. The van der Waals surface area contributed by atoms with E-state index in [2.05, 4.69) is 26.2 Å². The van der Waals surface area contributed by atoms with E-state index in [-0.39, 0.29) is 11.8 Å². The number of amides is 2. The zero-order chi connectivity index (χ0) is 19.2. The van der Waals surface area contributed by atoms with Gasteiger partial charge in [0.15, 0.2) is 0 Å². The molecule has 2 amide bonds. The van der Waals surface area contributed by atoms with Gasteiger partial charge in [0.05, 0.1) is 12.8 Å². The number of nitrogens with zero attached hydrogens (tertiary/aromatic N) is 2. The predicted octanol–water partition coefficient (Wildman–Crippen LogP) is 3.64. The molecule has 0 atom stereocenters. The molecule has 27 heavy (non-hydrogen) atoms. The first-order chi connectivity index (χ1) is 13.1. The molecule has 0 aliphatic heterocycles. The molecule has 3 aromatic rings. The summed E-state index contributed by atoms with van der Waals surface area (Å²) in [5, 5.41) is 2.59. The zero-order valence-electron chi connectivity index (χ0n) is 14.7. The monoisotopic (exact) mass is 427 g/mol. The third-order valence-electron chi connectivity index (χ3n) is 3.98. The summed E-state index contributed by atoms with van der Waals surface area (Å²) in [6.07, 6.45) is 3.17.